The van der Waals surface area contributed by atoms with E-state index in [-0.39, 0.29) is 18.1 Å². The third-order valence-corrected chi connectivity index (χ3v) is 5.16. The Balaban J connectivity index is 1.55. The van der Waals surface area contributed by atoms with Gasteiger partial charge in [0, 0.05) is 19.3 Å². The molecule has 2 aliphatic heterocycles. The number of amides is 1. The fourth-order valence-corrected chi connectivity index (χ4v) is 3.54. The Bertz CT molecular complexity index is 772. The van der Waals surface area contributed by atoms with E-state index in [2.05, 4.69) is 14.9 Å². The van der Waals surface area contributed by atoms with Gasteiger partial charge in [-0.05, 0) is 25.3 Å². The highest BCUT2D eigenvalue weighted by Gasteiger charge is 2.33. The number of rotatable bonds is 3. The quantitative estimate of drug-likeness (QED) is 0.929. The van der Waals surface area contributed by atoms with Crippen LogP contribution in [0.25, 0.3) is 0 Å². The summed E-state index contributed by atoms with van der Waals surface area (Å²) < 4.78 is 0. The summed E-state index contributed by atoms with van der Waals surface area (Å²) in [5, 5.41) is 9.65. The number of aliphatic hydroxyl groups is 1. The molecule has 0 saturated carbocycles. The Morgan fingerprint density at radius 2 is 1.92 bits per heavy atom. The fraction of sp³-hybridized carbons (Fsp3) is 0.421. The highest BCUT2D eigenvalue weighted by molar-refractivity contribution is 5.97. The molecule has 3 heterocycles. The van der Waals surface area contributed by atoms with Crippen molar-refractivity contribution in [1.82, 2.24) is 14.9 Å². The van der Waals surface area contributed by atoms with Crippen molar-refractivity contribution in [2.24, 2.45) is 0 Å². The van der Waals surface area contributed by atoms with Crippen LogP contribution < -0.4 is 4.90 Å². The molecule has 0 radical (unpaired) electrons. The minimum Gasteiger partial charge on any atom is -0.393 e. The maximum absolute atomic E-state index is 12.7. The molecule has 1 atom stereocenters. The third-order valence-electron chi connectivity index (χ3n) is 5.16. The SMILES string of the molecule is C[C@@H](c1ccccc1)N1Cc2nc(N3CCC(O)CC3)ncc2C1=O. The van der Waals surface area contributed by atoms with E-state index in [9.17, 15) is 9.90 Å². The molecule has 1 amide bonds. The number of nitrogens with zero attached hydrogens (tertiary/aromatic N) is 4. The number of hydrogen-bond acceptors (Lipinski definition) is 5. The second-order valence-electron chi connectivity index (χ2n) is 6.77. The van der Waals surface area contributed by atoms with E-state index in [1.165, 1.54) is 0 Å². The summed E-state index contributed by atoms with van der Waals surface area (Å²) >= 11 is 0. The van der Waals surface area contributed by atoms with Crippen LogP contribution in [0, 0.1) is 0 Å². The van der Waals surface area contributed by atoms with Crippen LogP contribution in [0.3, 0.4) is 0 Å². The summed E-state index contributed by atoms with van der Waals surface area (Å²) in [5.41, 5.74) is 2.51. The molecule has 4 rings (SSSR count). The van der Waals surface area contributed by atoms with Crippen LogP contribution >= 0.6 is 0 Å². The van der Waals surface area contributed by atoms with E-state index in [0.717, 1.165) is 37.2 Å². The maximum Gasteiger partial charge on any atom is 0.258 e. The number of carbonyl (C=O) groups is 1. The molecule has 1 fully saturated rings. The van der Waals surface area contributed by atoms with Crippen LogP contribution in [0.2, 0.25) is 0 Å². The molecule has 1 saturated heterocycles. The van der Waals surface area contributed by atoms with Crippen molar-refractivity contribution in [2.75, 3.05) is 18.0 Å². The van der Waals surface area contributed by atoms with E-state index >= 15 is 0 Å². The number of hydrogen-bond donors (Lipinski definition) is 1. The zero-order valence-electron chi connectivity index (χ0n) is 14.3. The normalized spacial score (nSPS) is 19.2. The second-order valence-corrected chi connectivity index (χ2v) is 6.77. The van der Waals surface area contributed by atoms with Gasteiger partial charge in [0.1, 0.15) is 0 Å². The van der Waals surface area contributed by atoms with Crippen LogP contribution in [-0.2, 0) is 6.54 Å². The highest BCUT2D eigenvalue weighted by atomic mass is 16.3. The van der Waals surface area contributed by atoms with Crippen LogP contribution in [0.1, 0.15) is 47.4 Å². The van der Waals surface area contributed by atoms with Gasteiger partial charge in [0.2, 0.25) is 5.95 Å². The van der Waals surface area contributed by atoms with Crippen molar-refractivity contribution in [2.45, 2.75) is 38.5 Å². The summed E-state index contributed by atoms with van der Waals surface area (Å²) in [7, 11) is 0. The molecule has 6 heteroatoms. The van der Waals surface area contributed by atoms with Crippen molar-refractivity contribution in [3.8, 4) is 0 Å². The van der Waals surface area contributed by atoms with E-state index < -0.39 is 0 Å². The van der Waals surface area contributed by atoms with Gasteiger partial charge in [0.05, 0.1) is 29.9 Å². The molecular weight excluding hydrogens is 316 g/mol. The Hall–Kier alpha value is -2.47. The molecule has 0 unspecified atom stereocenters. The van der Waals surface area contributed by atoms with Crippen LogP contribution in [-0.4, -0.2) is 45.1 Å². The van der Waals surface area contributed by atoms with E-state index in [1.807, 2.05) is 42.2 Å². The summed E-state index contributed by atoms with van der Waals surface area (Å²) in [4.78, 5) is 25.7. The van der Waals surface area contributed by atoms with E-state index in [1.54, 1.807) is 6.20 Å². The van der Waals surface area contributed by atoms with Crippen molar-refractivity contribution in [3.63, 3.8) is 0 Å². The topological polar surface area (TPSA) is 69.6 Å². The zero-order chi connectivity index (χ0) is 17.4. The summed E-state index contributed by atoms with van der Waals surface area (Å²) in [6, 6.07) is 10.0. The molecule has 1 aromatic carbocycles. The average Bonchev–Trinajstić information content (AvgIpc) is 2.98. The molecule has 1 aromatic heterocycles. The molecule has 1 N–H and O–H groups in total. The minimum absolute atomic E-state index is 0.00326. The first-order chi connectivity index (χ1) is 12.1. The second kappa shape index (κ2) is 6.44. The van der Waals surface area contributed by atoms with Gasteiger partial charge in [-0.1, -0.05) is 30.3 Å². The predicted molar refractivity (Wildman–Crippen MR) is 94.2 cm³/mol. The van der Waals surface area contributed by atoms with Crippen molar-refractivity contribution in [1.29, 1.82) is 0 Å². The lowest BCUT2D eigenvalue weighted by molar-refractivity contribution is 0.0715. The number of benzene rings is 1. The number of aromatic nitrogens is 2. The van der Waals surface area contributed by atoms with Crippen LogP contribution in [0.15, 0.2) is 36.5 Å². The maximum atomic E-state index is 12.7. The molecule has 0 aliphatic carbocycles. The zero-order valence-corrected chi connectivity index (χ0v) is 14.3. The predicted octanol–water partition coefficient (Wildman–Crippen LogP) is 2.15. The first-order valence-corrected chi connectivity index (χ1v) is 8.78. The van der Waals surface area contributed by atoms with Crippen molar-refractivity contribution in [3.05, 3.63) is 53.3 Å². The molecule has 0 bridgehead atoms. The lowest BCUT2D eigenvalue weighted by atomic mass is 10.1. The van der Waals surface area contributed by atoms with Gasteiger partial charge in [0.15, 0.2) is 0 Å². The Morgan fingerprint density at radius 3 is 2.64 bits per heavy atom. The van der Waals surface area contributed by atoms with Crippen LogP contribution in [0.5, 0.6) is 0 Å². The van der Waals surface area contributed by atoms with Crippen molar-refractivity contribution < 1.29 is 9.90 Å². The number of aliphatic hydroxyl groups excluding tert-OH is 1. The summed E-state index contributed by atoms with van der Waals surface area (Å²) in [6.07, 6.45) is 2.89. The molecule has 2 aliphatic rings. The summed E-state index contributed by atoms with van der Waals surface area (Å²) in [5.74, 6) is 0.652. The standard InChI is InChI=1S/C19H22N4O2/c1-13(14-5-3-2-4-6-14)23-12-17-16(18(23)25)11-20-19(21-17)22-9-7-15(24)8-10-22/h2-6,11,13,15,24H,7-10,12H2,1H3/t13-/m0/s1. The molecule has 6 nitrogen and oxygen atoms in total. The number of fused-ring (bicyclic) bond motifs is 1. The molecular formula is C19H22N4O2. The van der Waals surface area contributed by atoms with Gasteiger partial charge in [-0.3, -0.25) is 4.79 Å². The first kappa shape index (κ1) is 16.0. The highest BCUT2D eigenvalue weighted by Crippen LogP contribution is 2.31. The summed E-state index contributed by atoms with van der Waals surface area (Å²) in [6.45, 7) is 4.05. The fourth-order valence-electron chi connectivity index (χ4n) is 3.54. The third kappa shape index (κ3) is 2.98. The molecule has 2 aromatic rings. The Labute approximate surface area is 147 Å². The van der Waals surface area contributed by atoms with E-state index in [4.69, 9.17) is 0 Å². The van der Waals surface area contributed by atoms with Gasteiger partial charge in [-0.2, -0.15) is 0 Å². The lowest BCUT2D eigenvalue weighted by Crippen LogP contribution is -2.37. The Kier molecular flexibility index (Phi) is 4.13. The van der Waals surface area contributed by atoms with Gasteiger partial charge < -0.3 is 14.9 Å². The van der Waals surface area contributed by atoms with Gasteiger partial charge in [-0.25, -0.2) is 9.97 Å². The lowest BCUT2D eigenvalue weighted by Gasteiger charge is -2.29. The molecule has 130 valence electrons. The van der Waals surface area contributed by atoms with Crippen LogP contribution in [0.4, 0.5) is 5.95 Å². The smallest absolute Gasteiger partial charge is 0.258 e. The minimum atomic E-state index is -0.227. The monoisotopic (exact) mass is 338 g/mol. The largest absolute Gasteiger partial charge is 0.393 e. The first-order valence-electron chi connectivity index (χ1n) is 8.78. The number of carbonyl (C=O) groups excluding carboxylic acids is 1. The molecule has 25 heavy (non-hydrogen) atoms. The average molecular weight is 338 g/mol. The van der Waals surface area contributed by atoms with Gasteiger partial charge in [0.25, 0.3) is 5.91 Å². The number of piperidine rings is 1. The number of anilines is 1. The van der Waals surface area contributed by atoms with E-state index in [0.29, 0.717) is 18.1 Å². The van der Waals surface area contributed by atoms with Gasteiger partial charge >= 0.3 is 0 Å². The molecule has 0 spiro atoms. The van der Waals surface area contributed by atoms with Crippen molar-refractivity contribution >= 4 is 11.9 Å². The Morgan fingerprint density at radius 1 is 1.20 bits per heavy atom. The van der Waals surface area contributed by atoms with Gasteiger partial charge in [-0.15, -0.1) is 0 Å².